The highest BCUT2D eigenvalue weighted by Gasteiger charge is 2.14. The molecule has 0 fully saturated rings. The molecule has 0 amide bonds. The summed E-state index contributed by atoms with van der Waals surface area (Å²) in [4.78, 5) is 11.2. The van der Waals surface area contributed by atoms with Gasteiger partial charge in [-0.15, -0.1) is 0 Å². The van der Waals surface area contributed by atoms with Crippen LogP contribution in [0, 0.1) is 0 Å². The Bertz CT molecular complexity index is 830. The van der Waals surface area contributed by atoms with Gasteiger partial charge in [-0.1, -0.05) is 36.4 Å². The molecule has 0 saturated heterocycles. The third-order valence-electron chi connectivity index (χ3n) is 4.36. The van der Waals surface area contributed by atoms with Crippen LogP contribution in [0.25, 0.3) is 0 Å². The van der Waals surface area contributed by atoms with Crippen LogP contribution in [0.3, 0.4) is 0 Å². The van der Waals surface area contributed by atoms with Crippen molar-refractivity contribution in [1.82, 2.24) is 25.1 Å². The molecule has 5 nitrogen and oxygen atoms in total. The lowest BCUT2D eigenvalue weighted by atomic mass is 10.1. The fraction of sp³-hybridized carbons (Fsp3) is 0.190. The van der Waals surface area contributed by atoms with E-state index in [-0.39, 0.29) is 5.92 Å². The number of hydrogen-bond donors (Lipinski definition) is 1. The first-order valence-corrected chi connectivity index (χ1v) is 8.78. The van der Waals surface area contributed by atoms with Crippen molar-refractivity contribution in [3.05, 3.63) is 102 Å². The van der Waals surface area contributed by atoms with E-state index in [1.165, 1.54) is 0 Å². The molecule has 3 aromatic rings. The second-order valence-electron chi connectivity index (χ2n) is 6.40. The van der Waals surface area contributed by atoms with E-state index in [1.54, 1.807) is 0 Å². The monoisotopic (exact) mass is 343 g/mol. The van der Waals surface area contributed by atoms with Crippen molar-refractivity contribution in [3.8, 4) is 0 Å². The summed E-state index contributed by atoms with van der Waals surface area (Å²) in [6, 6.07) is 14.2. The molecule has 3 aromatic heterocycles. The highest BCUT2D eigenvalue weighted by molar-refractivity contribution is 5.31. The zero-order chi connectivity index (χ0) is 17.6. The first-order valence-electron chi connectivity index (χ1n) is 8.78. The van der Waals surface area contributed by atoms with E-state index in [1.807, 2.05) is 36.7 Å². The van der Waals surface area contributed by atoms with Crippen molar-refractivity contribution in [1.29, 1.82) is 0 Å². The van der Waals surface area contributed by atoms with Crippen LogP contribution in [-0.4, -0.2) is 25.1 Å². The van der Waals surface area contributed by atoms with Crippen molar-refractivity contribution >= 4 is 0 Å². The maximum atomic E-state index is 4.48. The topological polar surface area (TPSA) is 57.7 Å². The van der Waals surface area contributed by atoms with Gasteiger partial charge in [0, 0.05) is 43.6 Å². The summed E-state index contributed by atoms with van der Waals surface area (Å²) in [6.45, 7) is 2.28. The van der Waals surface area contributed by atoms with E-state index in [9.17, 15) is 0 Å². The van der Waals surface area contributed by atoms with Crippen molar-refractivity contribution < 1.29 is 0 Å². The maximum absolute atomic E-state index is 4.48. The van der Waals surface area contributed by atoms with Gasteiger partial charge >= 0.3 is 0 Å². The fourth-order valence-electron chi connectivity index (χ4n) is 3.11. The van der Waals surface area contributed by atoms with Crippen molar-refractivity contribution in [2.75, 3.05) is 0 Å². The van der Waals surface area contributed by atoms with E-state index >= 15 is 0 Å². The van der Waals surface area contributed by atoms with Gasteiger partial charge in [-0.25, -0.2) is 0 Å². The molecule has 1 aliphatic carbocycles. The SMILES string of the molecule is C1=CC(c2cc(CN(Cc3ccccn3)Cc3ccccn3)[nH]n2)C=C1. The summed E-state index contributed by atoms with van der Waals surface area (Å²) in [5, 5.41) is 7.66. The molecule has 0 unspecified atom stereocenters. The third-order valence-corrected chi connectivity index (χ3v) is 4.36. The molecule has 1 aliphatic rings. The number of pyridine rings is 2. The summed E-state index contributed by atoms with van der Waals surface area (Å²) >= 11 is 0. The largest absolute Gasteiger partial charge is 0.286 e. The second-order valence-corrected chi connectivity index (χ2v) is 6.40. The minimum Gasteiger partial charge on any atom is -0.286 e. The highest BCUT2D eigenvalue weighted by Crippen LogP contribution is 2.22. The maximum Gasteiger partial charge on any atom is 0.0732 e. The van der Waals surface area contributed by atoms with Gasteiger partial charge in [0.1, 0.15) is 0 Å². The van der Waals surface area contributed by atoms with Gasteiger partial charge in [0.25, 0.3) is 0 Å². The van der Waals surface area contributed by atoms with Crippen LogP contribution in [0.15, 0.2) is 79.2 Å². The molecule has 0 spiro atoms. The van der Waals surface area contributed by atoms with Gasteiger partial charge in [-0.3, -0.25) is 20.0 Å². The number of aromatic amines is 1. The molecule has 5 heteroatoms. The standard InChI is InChI=1S/C21H21N5/c1-2-8-17(7-1)21-13-20(24-25-21)16-26(14-18-9-3-5-11-22-18)15-19-10-4-6-12-23-19/h1-13,17H,14-16H2,(H,24,25). The van der Waals surface area contributed by atoms with Crippen LogP contribution in [0.5, 0.6) is 0 Å². The Morgan fingerprint density at radius 1 is 0.846 bits per heavy atom. The number of hydrogen-bond acceptors (Lipinski definition) is 4. The lowest BCUT2D eigenvalue weighted by Gasteiger charge is -2.20. The van der Waals surface area contributed by atoms with Gasteiger partial charge in [0.15, 0.2) is 0 Å². The van der Waals surface area contributed by atoms with E-state index in [2.05, 4.69) is 67.6 Å². The normalized spacial score (nSPS) is 13.7. The van der Waals surface area contributed by atoms with Gasteiger partial charge in [0.05, 0.1) is 17.1 Å². The lowest BCUT2D eigenvalue weighted by Crippen LogP contribution is -2.23. The summed E-state index contributed by atoms with van der Waals surface area (Å²) in [7, 11) is 0. The highest BCUT2D eigenvalue weighted by atomic mass is 15.2. The van der Waals surface area contributed by atoms with Crippen LogP contribution >= 0.6 is 0 Å². The quantitative estimate of drug-likeness (QED) is 0.712. The van der Waals surface area contributed by atoms with Crippen molar-refractivity contribution in [2.24, 2.45) is 0 Å². The molecule has 130 valence electrons. The number of rotatable bonds is 7. The number of H-pyrrole nitrogens is 1. The summed E-state index contributed by atoms with van der Waals surface area (Å²) in [5.74, 6) is 0.278. The van der Waals surface area contributed by atoms with Crippen LogP contribution in [0.4, 0.5) is 0 Å². The molecular formula is C21H21N5. The number of nitrogens with one attached hydrogen (secondary N) is 1. The molecular weight excluding hydrogens is 322 g/mol. The molecule has 0 radical (unpaired) electrons. The van der Waals surface area contributed by atoms with Crippen molar-refractivity contribution in [2.45, 2.75) is 25.6 Å². The lowest BCUT2D eigenvalue weighted by molar-refractivity contribution is 0.238. The molecule has 0 atom stereocenters. The van der Waals surface area contributed by atoms with Gasteiger partial charge in [-0.05, 0) is 30.3 Å². The van der Waals surface area contributed by atoms with E-state index in [0.29, 0.717) is 0 Å². The van der Waals surface area contributed by atoms with Crippen LogP contribution in [-0.2, 0) is 19.6 Å². The molecule has 4 rings (SSSR count). The Morgan fingerprint density at radius 3 is 2.08 bits per heavy atom. The molecule has 0 aromatic carbocycles. The minimum absolute atomic E-state index is 0.278. The fourth-order valence-corrected chi connectivity index (χ4v) is 3.11. The summed E-state index contributed by atoms with van der Waals surface area (Å²) in [6.07, 6.45) is 12.1. The minimum atomic E-state index is 0.278. The second kappa shape index (κ2) is 7.89. The summed E-state index contributed by atoms with van der Waals surface area (Å²) in [5.41, 5.74) is 4.25. The Morgan fingerprint density at radius 2 is 1.50 bits per heavy atom. The van der Waals surface area contributed by atoms with E-state index in [4.69, 9.17) is 0 Å². The van der Waals surface area contributed by atoms with E-state index in [0.717, 1.165) is 42.4 Å². The first kappa shape index (κ1) is 16.4. The van der Waals surface area contributed by atoms with Crippen LogP contribution in [0.2, 0.25) is 0 Å². The van der Waals surface area contributed by atoms with Crippen LogP contribution in [0.1, 0.15) is 28.7 Å². The average Bonchev–Trinajstić information content (AvgIpc) is 3.35. The Labute approximate surface area is 153 Å². The Hall–Kier alpha value is -3.05. The van der Waals surface area contributed by atoms with Crippen LogP contribution < -0.4 is 0 Å². The molecule has 3 heterocycles. The molecule has 0 bridgehead atoms. The van der Waals surface area contributed by atoms with Crippen molar-refractivity contribution in [3.63, 3.8) is 0 Å². The summed E-state index contributed by atoms with van der Waals surface area (Å²) < 4.78 is 0. The van der Waals surface area contributed by atoms with Gasteiger partial charge in [-0.2, -0.15) is 5.10 Å². The third kappa shape index (κ3) is 4.13. The number of allylic oxidation sites excluding steroid dienone is 4. The molecule has 0 saturated carbocycles. The Balaban J connectivity index is 1.50. The molecule has 1 N–H and O–H groups in total. The predicted molar refractivity (Wildman–Crippen MR) is 101 cm³/mol. The smallest absolute Gasteiger partial charge is 0.0732 e. The number of aromatic nitrogens is 4. The average molecular weight is 343 g/mol. The van der Waals surface area contributed by atoms with Gasteiger partial charge in [0.2, 0.25) is 0 Å². The molecule has 0 aliphatic heterocycles. The Kier molecular flexibility index (Phi) is 4.98. The zero-order valence-corrected chi connectivity index (χ0v) is 14.5. The first-order chi connectivity index (χ1) is 12.9. The number of nitrogens with zero attached hydrogens (tertiary/aromatic N) is 4. The molecule has 26 heavy (non-hydrogen) atoms. The van der Waals surface area contributed by atoms with E-state index < -0.39 is 0 Å². The zero-order valence-electron chi connectivity index (χ0n) is 14.5. The van der Waals surface area contributed by atoms with Gasteiger partial charge < -0.3 is 0 Å². The predicted octanol–water partition coefficient (Wildman–Crippen LogP) is 3.61.